The molecule has 1 aromatic rings. The quantitative estimate of drug-likeness (QED) is 0.304. The predicted molar refractivity (Wildman–Crippen MR) is 122 cm³/mol. The number of aliphatic hydroxyl groups is 6. The van der Waals surface area contributed by atoms with Gasteiger partial charge in [0, 0.05) is 24.2 Å². The molecule has 2 aliphatic heterocycles. The number of pyridine rings is 1. The summed E-state index contributed by atoms with van der Waals surface area (Å²) in [5, 5.41) is 74.1. The van der Waals surface area contributed by atoms with Crippen LogP contribution in [-0.4, -0.2) is 87.6 Å². The zero-order valence-electron chi connectivity index (χ0n) is 21.1. The van der Waals surface area contributed by atoms with Crippen LogP contribution in [0.5, 0.6) is 0 Å². The third-order valence-electron chi connectivity index (χ3n) is 11.4. The Balaban J connectivity index is 1.67. The normalized spacial score (nSPS) is 58.4. The van der Waals surface area contributed by atoms with Gasteiger partial charge >= 0.3 is 5.97 Å². The Bertz CT molecular complexity index is 1170. The lowest BCUT2D eigenvalue weighted by molar-refractivity contribution is -0.390. The Hall–Kier alpha value is -1.66. The Morgan fingerprint density at radius 1 is 1.19 bits per heavy atom. The van der Waals surface area contributed by atoms with Gasteiger partial charge in [-0.3, -0.25) is 4.98 Å². The summed E-state index contributed by atoms with van der Waals surface area (Å²) in [6, 6.07) is 3.00. The van der Waals surface area contributed by atoms with Gasteiger partial charge in [0.2, 0.25) is 0 Å². The third kappa shape index (κ3) is 1.81. The van der Waals surface area contributed by atoms with E-state index in [0.717, 1.165) is 0 Å². The van der Waals surface area contributed by atoms with Crippen molar-refractivity contribution in [3.05, 3.63) is 30.1 Å². The second kappa shape index (κ2) is 6.31. The van der Waals surface area contributed by atoms with Crippen LogP contribution in [0.25, 0.3) is 0 Å². The smallest absolute Gasteiger partial charge is 0.340 e. The summed E-state index contributed by atoms with van der Waals surface area (Å²) >= 11 is 0. The van der Waals surface area contributed by atoms with Crippen molar-refractivity contribution in [1.29, 1.82) is 0 Å². The summed E-state index contributed by atoms with van der Waals surface area (Å²) in [4.78, 5) is 17.2. The number of hydrogen-bond donors (Lipinski definition) is 6. The van der Waals surface area contributed by atoms with Crippen LogP contribution in [-0.2, 0) is 9.47 Å². The topological polar surface area (TPSA) is 170 Å². The molecular weight excluding hydrogens is 470 g/mol. The molecule has 198 valence electrons. The number of esters is 1. The number of carbonyl (C=O) groups is 1. The minimum atomic E-state index is -2.60. The molecule has 0 aromatic carbocycles. The Morgan fingerprint density at radius 3 is 2.44 bits per heavy atom. The van der Waals surface area contributed by atoms with E-state index in [0.29, 0.717) is 6.42 Å². The van der Waals surface area contributed by atoms with E-state index >= 15 is 0 Å². The average molecular weight is 506 g/mol. The molecule has 6 fully saturated rings. The summed E-state index contributed by atoms with van der Waals surface area (Å²) in [5.74, 6) is -4.39. The van der Waals surface area contributed by atoms with Crippen LogP contribution in [0, 0.1) is 22.7 Å². The lowest BCUT2D eigenvalue weighted by Crippen LogP contribution is -2.75. The SMILES string of the molecule is CC(C)[C@@]1(O)[C@@H](OC(=O)c2cccnc2)[C@@]2(O)[C@@]3(C)C[C@]4(O)OC5(C(O)[C@@H](C)CC[C@@]53O)[C@@]2(O)[C@@]14C. The lowest BCUT2D eigenvalue weighted by atomic mass is 9.52. The van der Waals surface area contributed by atoms with Gasteiger partial charge in [-0.25, -0.2) is 4.79 Å². The minimum Gasteiger partial charge on any atom is -0.452 e. The zero-order valence-corrected chi connectivity index (χ0v) is 21.1. The molecular formula is C26H35NO9. The fourth-order valence-corrected chi connectivity index (χ4v) is 9.59. The van der Waals surface area contributed by atoms with Gasteiger partial charge in [-0.1, -0.05) is 27.7 Å². The molecule has 2 unspecified atom stereocenters. The van der Waals surface area contributed by atoms with Crippen molar-refractivity contribution in [2.45, 2.75) is 99.9 Å². The first-order chi connectivity index (χ1) is 16.5. The van der Waals surface area contributed by atoms with Gasteiger partial charge in [0.05, 0.1) is 17.1 Å². The molecule has 0 amide bonds. The fraction of sp³-hybridized carbons (Fsp3) is 0.769. The summed E-state index contributed by atoms with van der Waals surface area (Å²) in [7, 11) is 0. The molecule has 6 aliphatic rings. The molecule has 6 bridgehead atoms. The highest BCUT2D eigenvalue weighted by Crippen LogP contribution is 2.90. The first kappa shape index (κ1) is 24.7. The van der Waals surface area contributed by atoms with Crippen molar-refractivity contribution < 1.29 is 44.9 Å². The monoisotopic (exact) mass is 505 g/mol. The maximum atomic E-state index is 13.3. The Kier molecular flexibility index (Phi) is 4.32. The number of hydrogen-bond acceptors (Lipinski definition) is 10. The molecule has 10 nitrogen and oxygen atoms in total. The number of ether oxygens (including phenoxy) is 2. The van der Waals surface area contributed by atoms with E-state index in [-0.39, 0.29) is 18.4 Å². The van der Waals surface area contributed by atoms with E-state index in [4.69, 9.17) is 9.47 Å². The predicted octanol–water partition coefficient (Wildman–Crippen LogP) is -0.121. The van der Waals surface area contributed by atoms with Crippen LogP contribution in [0.15, 0.2) is 24.5 Å². The number of aliphatic hydroxyl groups excluding tert-OH is 1. The van der Waals surface area contributed by atoms with Gasteiger partial charge in [-0.05, 0) is 43.7 Å². The van der Waals surface area contributed by atoms with Gasteiger partial charge in [0.1, 0.15) is 22.4 Å². The standard InChI is InChI=1S/C26H35NO9/c1-13(2)23(32)18(35-17(29)15-7-6-10-27-11-15)24(33)19(4)12-22(31)20(23,5)26(24,34)25(36-22)16(28)14(3)8-9-21(19,25)30/h6-7,10-11,13-14,16,18,28,30-34H,8-9,12H2,1-5H3/t14-,16?,18+,19-,20+,21-,22-,23+,24+,25?,26+/m0/s1. The highest BCUT2D eigenvalue weighted by Gasteiger charge is 3.10. The molecule has 10 heteroatoms. The Labute approximate surface area is 208 Å². The molecule has 0 radical (unpaired) electrons. The van der Waals surface area contributed by atoms with Crippen LogP contribution in [0.4, 0.5) is 0 Å². The van der Waals surface area contributed by atoms with Gasteiger partial charge in [-0.15, -0.1) is 0 Å². The lowest BCUT2D eigenvalue weighted by Gasteiger charge is -2.60. The van der Waals surface area contributed by atoms with E-state index in [1.165, 1.54) is 38.4 Å². The third-order valence-corrected chi connectivity index (χ3v) is 11.4. The molecule has 6 N–H and O–H groups in total. The summed E-state index contributed by atoms with van der Waals surface area (Å²) < 4.78 is 12.1. The van der Waals surface area contributed by atoms with Crippen molar-refractivity contribution in [2.24, 2.45) is 22.7 Å². The number of nitrogens with zero attached hydrogens (tertiary/aromatic N) is 1. The van der Waals surface area contributed by atoms with Crippen LogP contribution in [0.1, 0.15) is 64.2 Å². The van der Waals surface area contributed by atoms with Crippen molar-refractivity contribution in [3.63, 3.8) is 0 Å². The highest BCUT2D eigenvalue weighted by atomic mass is 16.7. The van der Waals surface area contributed by atoms with E-state index in [2.05, 4.69) is 4.98 Å². The molecule has 4 aliphatic carbocycles. The highest BCUT2D eigenvalue weighted by molar-refractivity contribution is 5.89. The largest absolute Gasteiger partial charge is 0.452 e. The van der Waals surface area contributed by atoms with Crippen LogP contribution in [0.2, 0.25) is 0 Å². The van der Waals surface area contributed by atoms with Gasteiger partial charge in [0.15, 0.2) is 17.5 Å². The average Bonchev–Trinajstić information content (AvgIpc) is 3.06. The summed E-state index contributed by atoms with van der Waals surface area (Å²) in [6.07, 6.45) is -0.455. The Morgan fingerprint density at radius 2 is 1.86 bits per heavy atom. The zero-order chi connectivity index (χ0) is 26.5. The second-order valence-electron chi connectivity index (χ2n) is 12.6. The molecule has 11 atom stereocenters. The van der Waals surface area contributed by atoms with Crippen molar-refractivity contribution >= 4 is 5.97 Å². The van der Waals surface area contributed by atoms with Gasteiger partial charge in [-0.2, -0.15) is 0 Å². The van der Waals surface area contributed by atoms with E-state index in [1.54, 1.807) is 20.8 Å². The van der Waals surface area contributed by atoms with E-state index < -0.39 is 74.6 Å². The fourth-order valence-electron chi connectivity index (χ4n) is 9.59. The molecule has 1 spiro atoms. The molecule has 36 heavy (non-hydrogen) atoms. The maximum Gasteiger partial charge on any atom is 0.340 e. The van der Waals surface area contributed by atoms with E-state index in [9.17, 15) is 35.4 Å². The number of rotatable bonds is 3. The molecule has 2 saturated heterocycles. The number of carbonyl (C=O) groups excluding carboxylic acids is 1. The number of aromatic nitrogens is 1. The van der Waals surface area contributed by atoms with Gasteiger partial charge in [0.25, 0.3) is 0 Å². The van der Waals surface area contributed by atoms with Gasteiger partial charge < -0.3 is 40.1 Å². The molecule has 7 rings (SSSR count). The summed E-state index contributed by atoms with van der Waals surface area (Å²) in [6.45, 7) is 7.89. The molecule has 3 heterocycles. The van der Waals surface area contributed by atoms with Crippen molar-refractivity contribution in [3.8, 4) is 0 Å². The second-order valence-corrected chi connectivity index (χ2v) is 12.6. The van der Waals surface area contributed by atoms with Crippen molar-refractivity contribution in [1.82, 2.24) is 4.98 Å². The minimum absolute atomic E-state index is 0.0574. The first-order valence-electron chi connectivity index (χ1n) is 12.6. The van der Waals surface area contributed by atoms with E-state index in [1.807, 2.05) is 0 Å². The molecule has 4 saturated carbocycles. The first-order valence-corrected chi connectivity index (χ1v) is 12.6. The molecule has 1 aromatic heterocycles. The van der Waals surface area contributed by atoms with Crippen LogP contribution >= 0.6 is 0 Å². The maximum absolute atomic E-state index is 13.3. The summed E-state index contributed by atoms with van der Waals surface area (Å²) in [5.41, 5.74) is -15.3. The van der Waals surface area contributed by atoms with Crippen LogP contribution in [0.3, 0.4) is 0 Å². The van der Waals surface area contributed by atoms with Crippen molar-refractivity contribution in [2.75, 3.05) is 0 Å². The van der Waals surface area contributed by atoms with Crippen LogP contribution < -0.4 is 0 Å².